The van der Waals surface area contributed by atoms with Crippen molar-refractivity contribution in [1.82, 2.24) is 4.90 Å². The molecule has 0 spiro atoms. The molecule has 4 heteroatoms. The van der Waals surface area contributed by atoms with Crippen LogP contribution in [0.15, 0.2) is 24.3 Å². The van der Waals surface area contributed by atoms with Crippen LogP contribution in [-0.4, -0.2) is 41.8 Å². The summed E-state index contributed by atoms with van der Waals surface area (Å²) in [4.78, 5) is 3.12. The second-order valence-electron chi connectivity index (χ2n) is 4.92. The minimum atomic E-state index is 0.226. The summed E-state index contributed by atoms with van der Waals surface area (Å²) < 4.78 is 11.2. The minimum absolute atomic E-state index is 0.226. The molecule has 0 amide bonds. The molecular formula is C15H21NO2S. The van der Waals surface area contributed by atoms with Crippen LogP contribution in [0.4, 0.5) is 0 Å². The van der Waals surface area contributed by atoms with E-state index in [0.29, 0.717) is 6.61 Å². The molecular weight excluding hydrogens is 258 g/mol. The Labute approximate surface area is 120 Å². The van der Waals surface area contributed by atoms with Gasteiger partial charge in [0.1, 0.15) is 10.7 Å². The average molecular weight is 279 g/mol. The van der Waals surface area contributed by atoms with Crippen LogP contribution in [0.5, 0.6) is 5.75 Å². The highest BCUT2D eigenvalue weighted by Crippen LogP contribution is 2.18. The van der Waals surface area contributed by atoms with Crippen molar-refractivity contribution in [3.63, 3.8) is 0 Å². The summed E-state index contributed by atoms with van der Waals surface area (Å²) >= 11 is 5.58. The van der Waals surface area contributed by atoms with Crippen molar-refractivity contribution < 1.29 is 9.47 Å². The van der Waals surface area contributed by atoms with Gasteiger partial charge in [-0.3, -0.25) is 0 Å². The standard InChI is InChI=1S/C15H21NO2S/c1-4-17-14-7-5-13(6-8-14)15(19)16-9-11(2)18-12(3)10-16/h5-8,11-12H,4,9-10H2,1-3H3/t11-,12-/m0/s1. The summed E-state index contributed by atoms with van der Waals surface area (Å²) in [5.74, 6) is 0.887. The van der Waals surface area contributed by atoms with E-state index in [-0.39, 0.29) is 12.2 Å². The van der Waals surface area contributed by atoms with E-state index in [4.69, 9.17) is 21.7 Å². The van der Waals surface area contributed by atoms with Crippen molar-refractivity contribution >= 4 is 17.2 Å². The topological polar surface area (TPSA) is 21.7 Å². The third-order valence-corrected chi connectivity index (χ3v) is 3.61. The number of nitrogens with zero attached hydrogens (tertiary/aromatic N) is 1. The number of morpholine rings is 1. The quantitative estimate of drug-likeness (QED) is 0.793. The Morgan fingerprint density at radius 1 is 1.26 bits per heavy atom. The van der Waals surface area contributed by atoms with E-state index in [2.05, 4.69) is 18.7 Å². The Morgan fingerprint density at radius 2 is 1.84 bits per heavy atom. The summed E-state index contributed by atoms with van der Waals surface area (Å²) in [6.45, 7) is 8.55. The van der Waals surface area contributed by atoms with Gasteiger partial charge in [0.2, 0.25) is 0 Å². The molecule has 1 saturated heterocycles. The molecule has 0 saturated carbocycles. The smallest absolute Gasteiger partial charge is 0.119 e. The van der Waals surface area contributed by atoms with E-state index in [1.807, 2.05) is 31.2 Å². The summed E-state index contributed by atoms with van der Waals surface area (Å²) in [6.07, 6.45) is 0.453. The fourth-order valence-corrected chi connectivity index (χ4v) is 2.67. The summed E-state index contributed by atoms with van der Waals surface area (Å²) in [5, 5.41) is 0. The van der Waals surface area contributed by atoms with E-state index in [1.165, 1.54) is 0 Å². The lowest BCUT2D eigenvalue weighted by molar-refractivity contribution is -0.0472. The van der Waals surface area contributed by atoms with Crippen LogP contribution >= 0.6 is 12.2 Å². The van der Waals surface area contributed by atoms with Crippen molar-refractivity contribution in [1.29, 1.82) is 0 Å². The lowest BCUT2D eigenvalue weighted by Gasteiger charge is -2.37. The van der Waals surface area contributed by atoms with Crippen LogP contribution in [0.25, 0.3) is 0 Å². The highest BCUT2D eigenvalue weighted by Gasteiger charge is 2.24. The highest BCUT2D eigenvalue weighted by atomic mass is 32.1. The van der Waals surface area contributed by atoms with Gasteiger partial charge in [-0.15, -0.1) is 0 Å². The molecule has 0 aromatic heterocycles. The molecule has 1 aliphatic heterocycles. The predicted molar refractivity (Wildman–Crippen MR) is 80.9 cm³/mol. The Balaban J connectivity index is 2.06. The summed E-state index contributed by atoms with van der Waals surface area (Å²) in [5.41, 5.74) is 1.07. The van der Waals surface area contributed by atoms with Gasteiger partial charge in [-0.05, 0) is 45.0 Å². The van der Waals surface area contributed by atoms with Crippen molar-refractivity contribution in [2.24, 2.45) is 0 Å². The molecule has 0 radical (unpaired) electrons. The fourth-order valence-electron chi connectivity index (χ4n) is 2.39. The number of thiocarbonyl (C=S) groups is 1. The monoisotopic (exact) mass is 279 g/mol. The molecule has 104 valence electrons. The molecule has 0 bridgehead atoms. The lowest BCUT2D eigenvalue weighted by Crippen LogP contribution is -2.47. The molecule has 0 unspecified atom stereocenters. The average Bonchev–Trinajstić information content (AvgIpc) is 2.38. The number of ether oxygens (including phenoxy) is 2. The zero-order chi connectivity index (χ0) is 13.8. The first kappa shape index (κ1) is 14.3. The highest BCUT2D eigenvalue weighted by molar-refractivity contribution is 7.80. The molecule has 1 aliphatic rings. The van der Waals surface area contributed by atoms with Gasteiger partial charge in [0.15, 0.2) is 0 Å². The number of hydrogen-bond donors (Lipinski definition) is 0. The molecule has 19 heavy (non-hydrogen) atoms. The first-order chi connectivity index (χ1) is 9.10. The second kappa shape index (κ2) is 6.35. The lowest BCUT2D eigenvalue weighted by atomic mass is 10.1. The Morgan fingerprint density at radius 3 is 2.37 bits per heavy atom. The van der Waals surface area contributed by atoms with Gasteiger partial charge < -0.3 is 14.4 Å². The molecule has 1 aromatic rings. The normalized spacial score (nSPS) is 23.2. The fraction of sp³-hybridized carbons (Fsp3) is 0.533. The Hall–Kier alpha value is -1.13. The number of benzene rings is 1. The third kappa shape index (κ3) is 3.67. The third-order valence-electron chi connectivity index (χ3n) is 3.12. The van der Waals surface area contributed by atoms with Gasteiger partial charge in [0.25, 0.3) is 0 Å². The Kier molecular flexibility index (Phi) is 4.77. The van der Waals surface area contributed by atoms with E-state index in [9.17, 15) is 0 Å². The van der Waals surface area contributed by atoms with Gasteiger partial charge in [-0.2, -0.15) is 0 Å². The zero-order valence-electron chi connectivity index (χ0n) is 11.8. The van der Waals surface area contributed by atoms with Gasteiger partial charge in [-0.25, -0.2) is 0 Å². The molecule has 2 atom stereocenters. The van der Waals surface area contributed by atoms with Crippen LogP contribution in [0.3, 0.4) is 0 Å². The summed E-state index contributed by atoms with van der Waals surface area (Å²) in [7, 11) is 0. The van der Waals surface area contributed by atoms with Crippen LogP contribution < -0.4 is 4.74 Å². The van der Waals surface area contributed by atoms with Gasteiger partial charge in [-0.1, -0.05) is 12.2 Å². The van der Waals surface area contributed by atoms with E-state index in [1.54, 1.807) is 0 Å². The maximum absolute atomic E-state index is 5.73. The molecule has 0 N–H and O–H groups in total. The summed E-state index contributed by atoms with van der Waals surface area (Å²) in [6, 6.07) is 7.99. The van der Waals surface area contributed by atoms with Crippen LogP contribution in [0.2, 0.25) is 0 Å². The van der Waals surface area contributed by atoms with Crippen LogP contribution in [0.1, 0.15) is 26.3 Å². The van der Waals surface area contributed by atoms with Crippen molar-refractivity contribution in [2.75, 3.05) is 19.7 Å². The van der Waals surface area contributed by atoms with E-state index in [0.717, 1.165) is 29.4 Å². The van der Waals surface area contributed by atoms with E-state index < -0.39 is 0 Å². The molecule has 2 rings (SSSR count). The molecule has 3 nitrogen and oxygen atoms in total. The first-order valence-corrected chi connectivity index (χ1v) is 7.18. The molecule has 0 aliphatic carbocycles. The van der Waals surface area contributed by atoms with Crippen molar-refractivity contribution in [3.05, 3.63) is 29.8 Å². The maximum atomic E-state index is 5.73. The molecule has 1 aromatic carbocycles. The van der Waals surface area contributed by atoms with Gasteiger partial charge >= 0.3 is 0 Å². The zero-order valence-corrected chi connectivity index (χ0v) is 12.6. The van der Waals surface area contributed by atoms with Crippen molar-refractivity contribution in [2.45, 2.75) is 33.0 Å². The SMILES string of the molecule is CCOc1ccc(C(=S)N2C[C@H](C)O[C@@H](C)C2)cc1. The number of rotatable bonds is 3. The van der Waals surface area contributed by atoms with Crippen LogP contribution in [0, 0.1) is 0 Å². The van der Waals surface area contributed by atoms with Gasteiger partial charge in [0.05, 0.1) is 18.8 Å². The van der Waals surface area contributed by atoms with Crippen molar-refractivity contribution in [3.8, 4) is 5.75 Å². The molecule has 1 heterocycles. The first-order valence-electron chi connectivity index (χ1n) is 6.77. The maximum Gasteiger partial charge on any atom is 0.119 e. The largest absolute Gasteiger partial charge is 0.494 e. The molecule has 1 fully saturated rings. The minimum Gasteiger partial charge on any atom is -0.494 e. The predicted octanol–water partition coefficient (Wildman–Crippen LogP) is 2.87. The Bertz CT molecular complexity index is 422. The van der Waals surface area contributed by atoms with Gasteiger partial charge in [0, 0.05) is 18.7 Å². The van der Waals surface area contributed by atoms with E-state index >= 15 is 0 Å². The number of hydrogen-bond acceptors (Lipinski definition) is 3. The van der Waals surface area contributed by atoms with Crippen LogP contribution in [-0.2, 0) is 4.74 Å². The second-order valence-corrected chi connectivity index (χ2v) is 5.31.